The van der Waals surface area contributed by atoms with Crippen LogP contribution in [0.3, 0.4) is 0 Å². The van der Waals surface area contributed by atoms with E-state index in [0.29, 0.717) is 11.1 Å². The second-order valence-electron chi connectivity index (χ2n) is 6.79. The topological polar surface area (TPSA) is 73.1 Å². The Kier molecular flexibility index (Phi) is 5.31. The predicted octanol–water partition coefficient (Wildman–Crippen LogP) is 2.81. The average Bonchev–Trinajstić information content (AvgIpc) is 2.97. The number of rotatable bonds is 5. The van der Waals surface area contributed by atoms with Gasteiger partial charge in [-0.3, -0.25) is 14.4 Å². The molecule has 2 aromatic heterocycles. The third-order valence-corrected chi connectivity index (χ3v) is 4.87. The summed E-state index contributed by atoms with van der Waals surface area (Å²) in [5, 5.41) is 2.51. The van der Waals surface area contributed by atoms with Gasteiger partial charge in [-0.1, -0.05) is 18.2 Å². The average molecular weight is 377 g/mol. The first-order valence-electron chi connectivity index (χ1n) is 9.04. The normalized spacial score (nSPS) is 10.7. The van der Waals surface area contributed by atoms with Gasteiger partial charge in [-0.2, -0.15) is 0 Å². The van der Waals surface area contributed by atoms with Crippen LogP contribution >= 0.6 is 0 Å². The molecule has 0 aliphatic heterocycles. The van der Waals surface area contributed by atoms with Crippen LogP contribution in [0.4, 0.5) is 0 Å². The van der Waals surface area contributed by atoms with E-state index in [1.807, 2.05) is 55.7 Å². The Balaban J connectivity index is 1.97. The number of para-hydroxylation sites is 1. The van der Waals surface area contributed by atoms with Crippen molar-refractivity contribution in [1.29, 1.82) is 0 Å². The molecule has 6 nitrogen and oxygen atoms in total. The van der Waals surface area contributed by atoms with Gasteiger partial charge in [0.05, 0.1) is 12.1 Å². The lowest BCUT2D eigenvalue weighted by atomic mass is 10.1. The van der Waals surface area contributed by atoms with Crippen molar-refractivity contribution in [2.24, 2.45) is 0 Å². The zero-order valence-corrected chi connectivity index (χ0v) is 16.4. The first-order chi connectivity index (χ1) is 13.3. The molecule has 0 saturated carbocycles. The molecular weight excluding hydrogens is 354 g/mol. The minimum atomic E-state index is -0.325. The van der Waals surface area contributed by atoms with Gasteiger partial charge in [-0.05, 0) is 44.5 Å². The van der Waals surface area contributed by atoms with E-state index in [4.69, 9.17) is 0 Å². The van der Waals surface area contributed by atoms with E-state index in [0.717, 1.165) is 22.6 Å². The quantitative estimate of drug-likeness (QED) is 0.695. The lowest BCUT2D eigenvalue weighted by molar-refractivity contribution is 0.0950. The molecule has 0 aliphatic carbocycles. The summed E-state index contributed by atoms with van der Waals surface area (Å²) in [6.45, 7) is 5.76. The Morgan fingerprint density at radius 2 is 1.75 bits per heavy atom. The Morgan fingerprint density at radius 1 is 1.04 bits per heavy atom. The summed E-state index contributed by atoms with van der Waals surface area (Å²) < 4.78 is 3.32. The first kappa shape index (κ1) is 19.4. The summed E-state index contributed by atoms with van der Waals surface area (Å²) >= 11 is 0. The number of ketones is 1. The highest BCUT2D eigenvalue weighted by atomic mass is 16.2. The number of benzene rings is 1. The molecule has 6 heteroatoms. The van der Waals surface area contributed by atoms with Gasteiger partial charge in [0.25, 0.3) is 11.5 Å². The van der Waals surface area contributed by atoms with Crippen molar-refractivity contribution in [3.63, 3.8) is 0 Å². The van der Waals surface area contributed by atoms with Crippen LogP contribution in [0.1, 0.15) is 37.7 Å². The Bertz CT molecular complexity index is 1120. The zero-order chi connectivity index (χ0) is 20.4. The number of aromatic nitrogens is 2. The van der Waals surface area contributed by atoms with E-state index < -0.39 is 0 Å². The second kappa shape index (κ2) is 7.68. The van der Waals surface area contributed by atoms with Crippen LogP contribution in [-0.4, -0.2) is 27.9 Å². The number of amides is 1. The molecule has 28 heavy (non-hydrogen) atoms. The van der Waals surface area contributed by atoms with Crippen LogP contribution in [0.2, 0.25) is 0 Å². The molecule has 0 aliphatic rings. The summed E-state index contributed by atoms with van der Waals surface area (Å²) in [5.41, 5.74) is 4.48. The van der Waals surface area contributed by atoms with Gasteiger partial charge in [0.15, 0.2) is 5.78 Å². The van der Waals surface area contributed by atoms with Crippen LogP contribution < -0.4 is 10.9 Å². The molecule has 1 amide bonds. The molecule has 0 spiro atoms. The van der Waals surface area contributed by atoms with Crippen LogP contribution in [0.5, 0.6) is 0 Å². The largest absolute Gasteiger partial charge is 0.355 e. The van der Waals surface area contributed by atoms with Gasteiger partial charge in [0.2, 0.25) is 0 Å². The first-order valence-corrected chi connectivity index (χ1v) is 9.04. The molecule has 2 heterocycles. The molecule has 0 fully saturated rings. The molecule has 0 bridgehead atoms. The maximum absolute atomic E-state index is 12.9. The molecule has 0 unspecified atom stereocenters. The van der Waals surface area contributed by atoms with Gasteiger partial charge in [-0.25, -0.2) is 0 Å². The SMILES string of the molecule is CNC(=O)c1ccc(=O)n(CC(=O)c2cc(C)n(-c3ccccc3C)c2C)c1. The molecule has 3 rings (SSSR count). The number of carbonyl (C=O) groups is 2. The molecule has 1 aromatic carbocycles. The fourth-order valence-electron chi connectivity index (χ4n) is 3.40. The number of hydrogen-bond acceptors (Lipinski definition) is 3. The maximum atomic E-state index is 12.9. The van der Waals surface area contributed by atoms with Crippen LogP contribution in [0.15, 0.2) is 53.5 Å². The van der Waals surface area contributed by atoms with Gasteiger partial charge >= 0.3 is 0 Å². The Morgan fingerprint density at radius 3 is 2.43 bits per heavy atom. The summed E-state index contributed by atoms with van der Waals surface area (Å²) in [6.07, 6.45) is 1.42. The molecule has 0 saturated heterocycles. The van der Waals surface area contributed by atoms with Gasteiger partial charge < -0.3 is 14.5 Å². The lowest BCUT2D eigenvalue weighted by Crippen LogP contribution is -2.26. The van der Waals surface area contributed by atoms with E-state index in [1.54, 1.807) is 0 Å². The second-order valence-corrected chi connectivity index (χ2v) is 6.79. The van der Waals surface area contributed by atoms with Gasteiger partial charge in [0.1, 0.15) is 0 Å². The summed E-state index contributed by atoms with van der Waals surface area (Å²) in [6, 6.07) is 12.6. The standard InChI is InChI=1S/C22H23N3O3/c1-14-7-5-6-8-19(14)25-15(2)11-18(16(25)3)20(26)13-24-12-17(22(28)23-4)9-10-21(24)27/h5-12H,13H2,1-4H3,(H,23,28). The number of aryl methyl sites for hydroxylation is 2. The molecule has 0 radical (unpaired) electrons. The number of carbonyl (C=O) groups excluding carboxylic acids is 2. The Hall–Kier alpha value is -3.41. The van der Waals surface area contributed by atoms with Crippen LogP contribution in [0.25, 0.3) is 5.69 Å². The minimum absolute atomic E-state index is 0.123. The fraction of sp³-hybridized carbons (Fsp3) is 0.227. The number of Topliss-reactive ketones (excluding diaryl/α,β-unsaturated/α-hetero) is 1. The highest BCUT2D eigenvalue weighted by Crippen LogP contribution is 2.23. The summed E-state index contributed by atoms with van der Waals surface area (Å²) in [5.74, 6) is -0.483. The smallest absolute Gasteiger partial charge is 0.252 e. The van der Waals surface area contributed by atoms with Crippen molar-refractivity contribution in [2.75, 3.05) is 7.05 Å². The van der Waals surface area contributed by atoms with E-state index in [-0.39, 0.29) is 23.8 Å². The fourth-order valence-corrected chi connectivity index (χ4v) is 3.40. The molecule has 144 valence electrons. The zero-order valence-electron chi connectivity index (χ0n) is 16.4. The number of pyridine rings is 1. The summed E-state index contributed by atoms with van der Waals surface area (Å²) in [4.78, 5) is 36.9. The Labute approximate surface area is 163 Å². The monoisotopic (exact) mass is 377 g/mol. The highest BCUT2D eigenvalue weighted by molar-refractivity contribution is 5.98. The van der Waals surface area contributed by atoms with Crippen LogP contribution in [-0.2, 0) is 6.54 Å². The van der Waals surface area contributed by atoms with Crippen molar-refractivity contribution >= 4 is 11.7 Å². The summed E-state index contributed by atoms with van der Waals surface area (Å²) in [7, 11) is 1.52. The van der Waals surface area contributed by atoms with Crippen LogP contribution in [0, 0.1) is 20.8 Å². The van der Waals surface area contributed by atoms with Crippen molar-refractivity contribution in [2.45, 2.75) is 27.3 Å². The van der Waals surface area contributed by atoms with Crippen molar-refractivity contribution in [3.05, 3.63) is 87.1 Å². The van der Waals surface area contributed by atoms with E-state index in [2.05, 4.69) is 5.32 Å². The van der Waals surface area contributed by atoms with Gasteiger partial charge in [-0.15, -0.1) is 0 Å². The lowest BCUT2D eigenvalue weighted by Gasteiger charge is -2.13. The molecule has 0 atom stereocenters. The number of nitrogens with zero attached hydrogens (tertiary/aromatic N) is 2. The van der Waals surface area contributed by atoms with E-state index in [1.165, 1.54) is 29.9 Å². The molecular formula is C22H23N3O3. The molecule has 1 N–H and O–H groups in total. The van der Waals surface area contributed by atoms with Gasteiger partial charge in [0, 0.05) is 41.9 Å². The highest BCUT2D eigenvalue weighted by Gasteiger charge is 2.18. The predicted molar refractivity (Wildman–Crippen MR) is 108 cm³/mol. The third-order valence-electron chi connectivity index (χ3n) is 4.87. The maximum Gasteiger partial charge on any atom is 0.252 e. The van der Waals surface area contributed by atoms with Crippen molar-refractivity contribution in [3.8, 4) is 5.69 Å². The minimum Gasteiger partial charge on any atom is -0.355 e. The van der Waals surface area contributed by atoms with E-state index in [9.17, 15) is 14.4 Å². The van der Waals surface area contributed by atoms with E-state index >= 15 is 0 Å². The molecule has 3 aromatic rings. The van der Waals surface area contributed by atoms with Crippen molar-refractivity contribution < 1.29 is 9.59 Å². The van der Waals surface area contributed by atoms with Crippen molar-refractivity contribution in [1.82, 2.24) is 14.5 Å². The number of hydrogen-bond donors (Lipinski definition) is 1. The number of nitrogens with one attached hydrogen (secondary N) is 1. The third kappa shape index (κ3) is 3.53.